The molecule has 0 aromatic carbocycles. The zero-order valence-corrected chi connectivity index (χ0v) is 7.91. The van der Waals surface area contributed by atoms with E-state index in [0.717, 1.165) is 0 Å². The van der Waals surface area contributed by atoms with Crippen molar-refractivity contribution in [2.75, 3.05) is 0 Å². The van der Waals surface area contributed by atoms with Crippen molar-refractivity contribution < 1.29 is 0 Å². The molecule has 0 aromatic rings. The molecule has 0 saturated carbocycles. The maximum atomic E-state index is 3.00. The van der Waals surface area contributed by atoms with Gasteiger partial charge in [0, 0.05) is 0 Å². The number of hydrogen-bond acceptors (Lipinski definition) is 0. The Bertz CT molecular complexity index is 23.8. The average Bonchev–Trinajstić information content (AvgIpc) is 1.72. The van der Waals surface area contributed by atoms with Gasteiger partial charge < -0.3 is 0 Å². The molecule has 0 nitrogen and oxygen atoms in total. The minimum Gasteiger partial charge on any atom is -0.106 e. The van der Waals surface area contributed by atoms with Gasteiger partial charge in [0.15, 0.2) is 0 Å². The van der Waals surface area contributed by atoms with Crippen LogP contribution in [0.1, 0.15) is 41.5 Å². The van der Waals surface area contributed by atoms with Crippen LogP contribution in [-0.4, -0.2) is 0 Å². The van der Waals surface area contributed by atoms with Gasteiger partial charge >= 0.3 is 0 Å². The van der Waals surface area contributed by atoms with Crippen LogP contribution in [0.25, 0.3) is 0 Å². The molecule has 0 aliphatic carbocycles. The summed E-state index contributed by atoms with van der Waals surface area (Å²) in [7, 11) is 0. The van der Waals surface area contributed by atoms with Crippen LogP contribution in [0.5, 0.6) is 0 Å². The Kier molecular flexibility index (Phi) is 18.8. The SMILES string of the molecule is C=C.CC.CC(C)(C)C. The van der Waals surface area contributed by atoms with Crippen molar-refractivity contribution in [3.8, 4) is 0 Å². The van der Waals surface area contributed by atoms with Gasteiger partial charge in [-0.2, -0.15) is 0 Å². The Morgan fingerprint density at radius 2 is 0.778 bits per heavy atom. The van der Waals surface area contributed by atoms with E-state index >= 15 is 0 Å². The van der Waals surface area contributed by atoms with Crippen LogP contribution in [0.3, 0.4) is 0 Å². The van der Waals surface area contributed by atoms with Crippen LogP contribution < -0.4 is 0 Å². The fourth-order valence-corrected chi connectivity index (χ4v) is 0. The molecular formula is C9H22. The van der Waals surface area contributed by atoms with E-state index in [1.54, 1.807) is 0 Å². The van der Waals surface area contributed by atoms with Gasteiger partial charge in [-0.3, -0.25) is 0 Å². The maximum Gasteiger partial charge on any atom is -0.0411 e. The minimum atomic E-state index is 0.500. The molecule has 58 valence electrons. The molecular weight excluding hydrogens is 108 g/mol. The van der Waals surface area contributed by atoms with Gasteiger partial charge in [0.2, 0.25) is 0 Å². The highest BCUT2D eigenvalue weighted by atomic mass is 14.0. The molecule has 0 radical (unpaired) electrons. The molecule has 0 fully saturated rings. The molecule has 0 N–H and O–H groups in total. The molecule has 0 spiro atoms. The summed E-state index contributed by atoms with van der Waals surface area (Å²) in [5, 5.41) is 0. The Labute approximate surface area is 61.0 Å². The van der Waals surface area contributed by atoms with Crippen molar-refractivity contribution in [2.24, 2.45) is 5.41 Å². The molecule has 0 rings (SSSR count). The third-order valence-corrected chi connectivity index (χ3v) is 0. The van der Waals surface area contributed by atoms with E-state index in [0.29, 0.717) is 5.41 Å². The van der Waals surface area contributed by atoms with Gasteiger partial charge in [-0.1, -0.05) is 41.5 Å². The monoisotopic (exact) mass is 130 g/mol. The molecule has 0 heteroatoms. The lowest BCUT2D eigenvalue weighted by molar-refractivity contribution is 0.469. The molecule has 0 aliphatic heterocycles. The topological polar surface area (TPSA) is 0 Å². The van der Waals surface area contributed by atoms with E-state index in [1.807, 2.05) is 13.8 Å². The molecule has 0 amide bonds. The van der Waals surface area contributed by atoms with Crippen molar-refractivity contribution in [1.29, 1.82) is 0 Å². The molecule has 0 heterocycles. The highest BCUT2D eigenvalue weighted by Crippen LogP contribution is 2.07. The molecule has 9 heavy (non-hydrogen) atoms. The highest BCUT2D eigenvalue weighted by molar-refractivity contribution is 4.47. The predicted octanol–water partition coefficient (Wildman–Crippen LogP) is 3.88. The standard InChI is InChI=1S/C5H12.C2H6.C2H4/c1-5(2,3)4;2*1-2/h1-4H3;1-2H3;1-2H2. The Balaban J connectivity index is -0.0000000771. The van der Waals surface area contributed by atoms with Crippen molar-refractivity contribution >= 4 is 0 Å². The van der Waals surface area contributed by atoms with E-state index in [-0.39, 0.29) is 0 Å². The zero-order valence-electron chi connectivity index (χ0n) is 7.91. The molecule has 0 saturated heterocycles. The maximum absolute atomic E-state index is 3.00. The first-order valence-electron chi connectivity index (χ1n) is 3.50. The Morgan fingerprint density at radius 3 is 0.778 bits per heavy atom. The Morgan fingerprint density at radius 1 is 0.778 bits per heavy atom. The summed E-state index contributed by atoms with van der Waals surface area (Å²) in [5.41, 5.74) is 0.500. The van der Waals surface area contributed by atoms with Gasteiger partial charge in [-0.05, 0) is 5.41 Å². The summed E-state index contributed by atoms with van der Waals surface area (Å²) < 4.78 is 0. The fourth-order valence-electron chi connectivity index (χ4n) is 0. The fraction of sp³-hybridized carbons (Fsp3) is 0.778. The van der Waals surface area contributed by atoms with Gasteiger partial charge in [0.05, 0.1) is 0 Å². The second kappa shape index (κ2) is 10.7. The van der Waals surface area contributed by atoms with Crippen molar-refractivity contribution in [3.05, 3.63) is 13.2 Å². The van der Waals surface area contributed by atoms with Crippen LogP contribution in [0, 0.1) is 5.41 Å². The predicted molar refractivity (Wildman–Crippen MR) is 47.7 cm³/mol. The average molecular weight is 130 g/mol. The number of hydrogen-bond donors (Lipinski definition) is 0. The van der Waals surface area contributed by atoms with Gasteiger partial charge in [-0.25, -0.2) is 0 Å². The smallest absolute Gasteiger partial charge is 0.0411 e. The van der Waals surface area contributed by atoms with Gasteiger partial charge in [0.25, 0.3) is 0 Å². The normalized spacial score (nSPS) is 7.78. The molecule has 0 aliphatic rings. The third-order valence-electron chi connectivity index (χ3n) is 0. The van der Waals surface area contributed by atoms with Crippen molar-refractivity contribution in [1.82, 2.24) is 0 Å². The van der Waals surface area contributed by atoms with Gasteiger partial charge in [0.1, 0.15) is 0 Å². The van der Waals surface area contributed by atoms with Crippen molar-refractivity contribution in [3.63, 3.8) is 0 Å². The van der Waals surface area contributed by atoms with E-state index in [2.05, 4.69) is 40.9 Å². The van der Waals surface area contributed by atoms with Crippen LogP contribution in [-0.2, 0) is 0 Å². The first kappa shape index (κ1) is 15.9. The summed E-state index contributed by atoms with van der Waals surface area (Å²) in [4.78, 5) is 0. The molecule has 0 atom stereocenters. The highest BCUT2D eigenvalue weighted by Gasteiger charge is 1.95. The Hall–Kier alpha value is -0.260. The summed E-state index contributed by atoms with van der Waals surface area (Å²) in [6, 6.07) is 0. The first-order valence-corrected chi connectivity index (χ1v) is 3.50. The van der Waals surface area contributed by atoms with Crippen molar-refractivity contribution in [2.45, 2.75) is 41.5 Å². The molecule has 0 aromatic heterocycles. The summed E-state index contributed by atoms with van der Waals surface area (Å²) in [6.07, 6.45) is 0. The minimum absolute atomic E-state index is 0.500. The third kappa shape index (κ3) is 3770. The summed E-state index contributed by atoms with van der Waals surface area (Å²) in [5.74, 6) is 0. The largest absolute Gasteiger partial charge is 0.106 e. The summed E-state index contributed by atoms with van der Waals surface area (Å²) in [6.45, 7) is 18.8. The van der Waals surface area contributed by atoms with Crippen LogP contribution in [0.2, 0.25) is 0 Å². The van der Waals surface area contributed by atoms with Crippen LogP contribution in [0.15, 0.2) is 13.2 Å². The van der Waals surface area contributed by atoms with Gasteiger partial charge in [-0.15, -0.1) is 13.2 Å². The second-order valence-corrected chi connectivity index (χ2v) is 3.00. The van der Waals surface area contributed by atoms with Crippen LogP contribution >= 0.6 is 0 Å². The van der Waals surface area contributed by atoms with E-state index in [4.69, 9.17) is 0 Å². The quantitative estimate of drug-likeness (QED) is 0.436. The lowest BCUT2D eigenvalue weighted by Gasteiger charge is -2.05. The first-order chi connectivity index (χ1) is 4.00. The second-order valence-electron chi connectivity index (χ2n) is 3.00. The number of rotatable bonds is 0. The summed E-state index contributed by atoms with van der Waals surface area (Å²) >= 11 is 0. The van der Waals surface area contributed by atoms with E-state index in [9.17, 15) is 0 Å². The van der Waals surface area contributed by atoms with E-state index < -0.39 is 0 Å². The van der Waals surface area contributed by atoms with E-state index in [1.165, 1.54) is 0 Å². The lowest BCUT2D eigenvalue weighted by atomic mass is 10.0. The zero-order chi connectivity index (χ0) is 8.50. The molecule has 0 unspecified atom stereocenters. The van der Waals surface area contributed by atoms with Crippen LogP contribution in [0.4, 0.5) is 0 Å². The molecule has 0 bridgehead atoms. The lowest BCUT2D eigenvalue weighted by Crippen LogP contribution is -1.93.